The molecule has 0 saturated carbocycles. The van der Waals surface area contributed by atoms with Gasteiger partial charge in [0.25, 0.3) is 0 Å². The van der Waals surface area contributed by atoms with Crippen LogP contribution in [0.5, 0.6) is 11.5 Å². The molecular formula is C25H29N3O4. The molecule has 1 amide bonds. The van der Waals surface area contributed by atoms with Crippen LogP contribution in [-0.2, 0) is 4.79 Å². The normalized spacial score (nSPS) is 16.3. The number of hydrogen-bond donors (Lipinski definition) is 0. The second-order valence-corrected chi connectivity index (χ2v) is 8.64. The zero-order valence-corrected chi connectivity index (χ0v) is 19.2. The third kappa shape index (κ3) is 4.47. The lowest BCUT2D eigenvalue weighted by atomic mass is 10.0. The van der Waals surface area contributed by atoms with Crippen LogP contribution in [0.2, 0.25) is 0 Å². The Balaban J connectivity index is 1.53. The summed E-state index contributed by atoms with van der Waals surface area (Å²) in [5, 5.41) is 4.14. The van der Waals surface area contributed by atoms with Crippen LogP contribution in [0.4, 0.5) is 5.69 Å². The van der Waals surface area contributed by atoms with Crippen LogP contribution in [0.15, 0.2) is 47.0 Å². The van der Waals surface area contributed by atoms with Gasteiger partial charge in [-0.1, -0.05) is 31.1 Å². The van der Waals surface area contributed by atoms with Gasteiger partial charge < -0.3 is 18.9 Å². The fourth-order valence-corrected chi connectivity index (χ4v) is 3.85. The second-order valence-electron chi connectivity index (χ2n) is 8.64. The van der Waals surface area contributed by atoms with Gasteiger partial charge in [-0.2, -0.15) is 4.98 Å². The molecule has 1 fully saturated rings. The van der Waals surface area contributed by atoms with E-state index in [1.165, 1.54) is 5.56 Å². The van der Waals surface area contributed by atoms with Crippen molar-refractivity contribution in [1.82, 2.24) is 10.1 Å². The molecule has 2 aromatic carbocycles. The molecule has 1 aliphatic rings. The Labute approximate surface area is 188 Å². The molecule has 0 bridgehead atoms. The molecule has 1 unspecified atom stereocenters. The van der Waals surface area contributed by atoms with Gasteiger partial charge >= 0.3 is 0 Å². The maximum absolute atomic E-state index is 12.7. The first-order chi connectivity index (χ1) is 15.4. The summed E-state index contributed by atoms with van der Waals surface area (Å²) in [6.07, 6.45) is 0.383. The topological polar surface area (TPSA) is 77.7 Å². The SMILES string of the molecule is COc1cc(-c2noc(C3CC(=O)N(c4cccc(C(C)C)c4)C3)n2)ccc1OC(C)C. The molecule has 0 N–H and O–H groups in total. The number of nitrogens with zero attached hydrogens (tertiary/aromatic N) is 3. The van der Waals surface area contributed by atoms with Crippen LogP contribution in [0.1, 0.15) is 57.4 Å². The molecule has 7 heteroatoms. The molecule has 4 rings (SSSR count). The van der Waals surface area contributed by atoms with Crippen molar-refractivity contribution < 1.29 is 18.8 Å². The van der Waals surface area contributed by atoms with Crippen molar-refractivity contribution in [3.8, 4) is 22.9 Å². The van der Waals surface area contributed by atoms with E-state index in [1.807, 2.05) is 49.1 Å². The third-order valence-electron chi connectivity index (χ3n) is 5.55. The Bertz CT molecular complexity index is 1110. The predicted molar refractivity (Wildman–Crippen MR) is 122 cm³/mol. The number of hydrogen-bond acceptors (Lipinski definition) is 6. The van der Waals surface area contributed by atoms with Gasteiger partial charge in [0, 0.05) is 24.2 Å². The maximum atomic E-state index is 12.7. The summed E-state index contributed by atoms with van der Waals surface area (Å²) in [6.45, 7) is 8.73. The maximum Gasteiger partial charge on any atom is 0.232 e. The Hall–Kier alpha value is -3.35. The van der Waals surface area contributed by atoms with Crippen LogP contribution in [0, 0.1) is 0 Å². The Morgan fingerprint density at radius 1 is 1.09 bits per heavy atom. The molecule has 1 saturated heterocycles. The number of carbonyl (C=O) groups is 1. The summed E-state index contributed by atoms with van der Waals surface area (Å²) in [4.78, 5) is 19.1. The minimum Gasteiger partial charge on any atom is -0.493 e. The molecule has 1 atom stereocenters. The number of benzene rings is 2. The van der Waals surface area contributed by atoms with E-state index in [0.29, 0.717) is 42.1 Å². The quantitative estimate of drug-likeness (QED) is 0.509. The molecular weight excluding hydrogens is 406 g/mol. The first-order valence-corrected chi connectivity index (χ1v) is 10.9. The molecule has 1 aromatic heterocycles. The third-order valence-corrected chi connectivity index (χ3v) is 5.55. The molecule has 2 heterocycles. The zero-order chi connectivity index (χ0) is 22.8. The fraction of sp³-hybridized carbons (Fsp3) is 0.400. The first kappa shape index (κ1) is 21.9. The molecule has 7 nitrogen and oxygen atoms in total. The van der Waals surface area contributed by atoms with Crippen LogP contribution < -0.4 is 14.4 Å². The zero-order valence-electron chi connectivity index (χ0n) is 19.2. The van der Waals surface area contributed by atoms with E-state index in [0.717, 1.165) is 11.3 Å². The van der Waals surface area contributed by atoms with Gasteiger partial charge in [-0.25, -0.2) is 0 Å². The number of carbonyl (C=O) groups excluding carboxylic acids is 1. The summed E-state index contributed by atoms with van der Waals surface area (Å²) in [5.41, 5.74) is 2.88. The predicted octanol–water partition coefficient (Wildman–Crippen LogP) is 5.18. The summed E-state index contributed by atoms with van der Waals surface area (Å²) < 4.78 is 16.8. The van der Waals surface area contributed by atoms with Gasteiger partial charge in [-0.3, -0.25) is 4.79 Å². The highest BCUT2D eigenvalue weighted by Crippen LogP contribution is 2.35. The lowest BCUT2D eigenvalue weighted by Crippen LogP contribution is -2.24. The van der Waals surface area contributed by atoms with Crippen LogP contribution >= 0.6 is 0 Å². The number of amides is 1. The minimum atomic E-state index is -0.142. The summed E-state index contributed by atoms with van der Waals surface area (Å²) in [6, 6.07) is 13.7. The lowest BCUT2D eigenvalue weighted by Gasteiger charge is -2.18. The monoisotopic (exact) mass is 435 g/mol. The van der Waals surface area contributed by atoms with Crippen LogP contribution in [0.25, 0.3) is 11.4 Å². The molecule has 32 heavy (non-hydrogen) atoms. The van der Waals surface area contributed by atoms with Gasteiger partial charge in [-0.05, 0) is 55.7 Å². The van der Waals surface area contributed by atoms with E-state index in [-0.39, 0.29) is 17.9 Å². The van der Waals surface area contributed by atoms with E-state index in [2.05, 4.69) is 36.1 Å². The molecule has 0 aliphatic carbocycles. The highest BCUT2D eigenvalue weighted by atomic mass is 16.5. The average Bonchev–Trinajstić information content (AvgIpc) is 3.41. The van der Waals surface area contributed by atoms with E-state index in [1.54, 1.807) is 7.11 Å². The van der Waals surface area contributed by atoms with Gasteiger partial charge in [0.1, 0.15) is 0 Å². The largest absolute Gasteiger partial charge is 0.493 e. The standard InChI is InChI=1S/C25H29N3O4/c1-15(2)17-7-6-8-20(11-17)28-14-19(13-23(28)29)25-26-24(27-32-25)18-9-10-21(31-16(3)4)22(12-18)30-5/h6-12,15-16,19H,13-14H2,1-5H3. The number of anilines is 1. The van der Waals surface area contributed by atoms with Crippen molar-refractivity contribution in [1.29, 1.82) is 0 Å². The van der Waals surface area contributed by atoms with E-state index in [4.69, 9.17) is 14.0 Å². The van der Waals surface area contributed by atoms with Gasteiger partial charge in [-0.15, -0.1) is 0 Å². The number of ether oxygens (including phenoxy) is 2. The summed E-state index contributed by atoms with van der Waals surface area (Å²) in [7, 11) is 1.60. The smallest absolute Gasteiger partial charge is 0.232 e. The number of methoxy groups -OCH3 is 1. The molecule has 1 aliphatic heterocycles. The van der Waals surface area contributed by atoms with E-state index in [9.17, 15) is 4.79 Å². The van der Waals surface area contributed by atoms with Crippen LogP contribution in [0.3, 0.4) is 0 Å². The number of rotatable bonds is 7. The van der Waals surface area contributed by atoms with E-state index >= 15 is 0 Å². The van der Waals surface area contributed by atoms with Crippen molar-refractivity contribution in [2.75, 3.05) is 18.6 Å². The first-order valence-electron chi connectivity index (χ1n) is 10.9. The van der Waals surface area contributed by atoms with Gasteiger partial charge in [0.05, 0.1) is 19.1 Å². The van der Waals surface area contributed by atoms with Crippen molar-refractivity contribution >= 4 is 11.6 Å². The molecule has 0 radical (unpaired) electrons. The van der Waals surface area contributed by atoms with Gasteiger partial charge in [0.2, 0.25) is 17.6 Å². The minimum absolute atomic E-state index is 0.0376. The Kier molecular flexibility index (Phi) is 6.17. The van der Waals surface area contributed by atoms with Crippen molar-refractivity contribution in [2.24, 2.45) is 0 Å². The lowest BCUT2D eigenvalue weighted by molar-refractivity contribution is -0.117. The van der Waals surface area contributed by atoms with Crippen LogP contribution in [-0.4, -0.2) is 35.8 Å². The average molecular weight is 436 g/mol. The Morgan fingerprint density at radius 3 is 2.62 bits per heavy atom. The molecule has 3 aromatic rings. The fourth-order valence-electron chi connectivity index (χ4n) is 3.85. The Morgan fingerprint density at radius 2 is 1.91 bits per heavy atom. The van der Waals surface area contributed by atoms with Crippen molar-refractivity contribution in [3.05, 3.63) is 53.9 Å². The molecule has 168 valence electrons. The van der Waals surface area contributed by atoms with Gasteiger partial charge in [0.15, 0.2) is 11.5 Å². The summed E-state index contributed by atoms with van der Waals surface area (Å²) in [5.74, 6) is 2.52. The highest BCUT2D eigenvalue weighted by molar-refractivity contribution is 5.96. The molecule has 0 spiro atoms. The highest BCUT2D eigenvalue weighted by Gasteiger charge is 2.35. The number of aromatic nitrogens is 2. The van der Waals surface area contributed by atoms with E-state index < -0.39 is 0 Å². The van der Waals surface area contributed by atoms with Crippen molar-refractivity contribution in [3.63, 3.8) is 0 Å². The van der Waals surface area contributed by atoms with Crippen molar-refractivity contribution in [2.45, 2.75) is 52.1 Å². The second kappa shape index (κ2) is 9.02. The summed E-state index contributed by atoms with van der Waals surface area (Å²) >= 11 is 0.